The number of fused-ring (bicyclic) bond motifs is 1. The lowest BCUT2D eigenvalue weighted by molar-refractivity contribution is -0.131. The molecule has 1 heterocycles. The summed E-state index contributed by atoms with van der Waals surface area (Å²) in [4.78, 5) is 21.2. The fourth-order valence-electron chi connectivity index (χ4n) is 1.77. The van der Waals surface area contributed by atoms with Crippen LogP contribution in [0.1, 0.15) is 19.4 Å². The Morgan fingerprint density at radius 1 is 1.39 bits per heavy atom. The number of hydrogen-bond donors (Lipinski definition) is 1. The van der Waals surface area contributed by atoms with Crippen LogP contribution < -0.4 is 14.8 Å². The molecule has 1 amide bonds. The van der Waals surface area contributed by atoms with E-state index in [1.165, 1.54) is 0 Å². The van der Waals surface area contributed by atoms with Crippen molar-refractivity contribution in [1.82, 2.24) is 5.32 Å². The Morgan fingerprint density at radius 2 is 2.11 bits per heavy atom. The summed E-state index contributed by atoms with van der Waals surface area (Å²) in [5.41, 5.74) is 0.720. The van der Waals surface area contributed by atoms with Gasteiger partial charge in [0.25, 0.3) is 5.91 Å². The largest absolute Gasteiger partial charge is 0.454 e. The molecule has 5 heteroatoms. The SMILES string of the molecule is CC(C)(CNC(=O)C=O)c1ccc2c(c1)OCO2. The van der Waals surface area contributed by atoms with Crippen LogP contribution in [0.2, 0.25) is 0 Å². The smallest absolute Gasteiger partial charge is 0.284 e. The van der Waals surface area contributed by atoms with Crippen LogP contribution in [0.4, 0.5) is 0 Å². The Labute approximate surface area is 105 Å². The van der Waals surface area contributed by atoms with Gasteiger partial charge in [-0.1, -0.05) is 19.9 Å². The first-order valence-corrected chi connectivity index (χ1v) is 5.66. The molecule has 0 aromatic heterocycles. The molecule has 1 aromatic carbocycles. The van der Waals surface area contributed by atoms with Crippen LogP contribution in [0.5, 0.6) is 11.5 Å². The van der Waals surface area contributed by atoms with Gasteiger partial charge in [0, 0.05) is 12.0 Å². The number of benzene rings is 1. The van der Waals surface area contributed by atoms with Gasteiger partial charge in [0.1, 0.15) is 0 Å². The van der Waals surface area contributed by atoms with E-state index in [4.69, 9.17) is 9.47 Å². The van der Waals surface area contributed by atoms with E-state index >= 15 is 0 Å². The first-order valence-electron chi connectivity index (χ1n) is 5.66. The van der Waals surface area contributed by atoms with Gasteiger partial charge in [0.2, 0.25) is 13.1 Å². The van der Waals surface area contributed by atoms with Crippen LogP contribution in [0, 0.1) is 0 Å². The minimum atomic E-state index is -0.608. The minimum Gasteiger partial charge on any atom is -0.454 e. The first-order chi connectivity index (χ1) is 8.53. The van der Waals surface area contributed by atoms with Crippen molar-refractivity contribution in [3.63, 3.8) is 0 Å². The summed E-state index contributed by atoms with van der Waals surface area (Å²) >= 11 is 0. The molecule has 5 nitrogen and oxygen atoms in total. The summed E-state index contributed by atoms with van der Waals surface area (Å²) in [6, 6.07) is 5.68. The van der Waals surface area contributed by atoms with Gasteiger partial charge in [0.05, 0.1) is 0 Å². The van der Waals surface area contributed by atoms with Crippen molar-refractivity contribution >= 4 is 12.2 Å². The number of carbonyl (C=O) groups excluding carboxylic acids is 2. The van der Waals surface area contributed by atoms with Crippen LogP contribution in [-0.4, -0.2) is 25.5 Å². The van der Waals surface area contributed by atoms with E-state index in [1.807, 2.05) is 32.0 Å². The second-order valence-electron chi connectivity index (χ2n) is 4.79. The molecule has 96 valence electrons. The second-order valence-corrected chi connectivity index (χ2v) is 4.79. The highest BCUT2D eigenvalue weighted by atomic mass is 16.7. The maximum Gasteiger partial charge on any atom is 0.284 e. The van der Waals surface area contributed by atoms with Crippen LogP contribution in [0.15, 0.2) is 18.2 Å². The third-order valence-corrected chi connectivity index (χ3v) is 2.97. The fraction of sp³-hybridized carbons (Fsp3) is 0.385. The van der Waals surface area contributed by atoms with Gasteiger partial charge in [-0.15, -0.1) is 0 Å². The predicted octanol–water partition coefficient (Wildman–Crippen LogP) is 1.01. The monoisotopic (exact) mass is 249 g/mol. The first kappa shape index (κ1) is 12.4. The molecule has 0 radical (unpaired) electrons. The zero-order valence-electron chi connectivity index (χ0n) is 10.4. The normalized spacial score (nSPS) is 13.2. The van der Waals surface area contributed by atoms with E-state index in [-0.39, 0.29) is 18.5 Å². The van der Waals surface area contributed by atoms with Crippen molar-refractivity contribution in [3.05, 3.63) is 23.8 Å². The molecule has 0 unspecified atom stereocenters. The molecule has 0 saturated carbocycles. The summed E-state index contributed by atoms with van der Waals surface area (Å²) in [6.45, 7) is 4.58. The van der Waals surface area contributed by atoms with Gasteiger partial charge in [-0.25, -0.2) is 0 Å². The molecule has 0 fully saturated rings. The molecule has 0 bridgehead atoms. The van der Waals surface area contributed by atoms with Gasteiger partial charge >= 0.3 is 0 Å². The maximum atomic E-state index is 11.0. The van der Waals surface area contributed by atoms with E-state index in [0.29, 0.717) is 12.3 Å². The van der Waals surface area contributed by atoms with Gasteiger partial charge in [0.15, 0.2) is 11.5 Å². The molecule has 1 aliphatic rings. The highest BCUT2D eigenvalue weighted by Gasteiger charge is 2.24. The Morgan fingerprint density at radius 3 is 2.83 bits per heavy atom. The standard InChI is InChI=1S/C13H15NO4/c1-13(2,7-14-12(16)6-15)9-3-4-10-11(5-9)18-8-17-10/h3-6H,7-8H2,1-2H3,(H,14,16). The van der Waals surface area contributed by atoms with E-state index < -0.39 is 5.91 Å². The fourth-order valence-corrected chi connectivity index (χ4v) is 1.77. The minimum absolute atomic E-state index is 0.237. The Bertz CT molecular complexity index is 482. The van der Waals surface area contributed by atoms with Crippen molar-refractivity contribution < 1.29 is 19.1 Å². The number of nitrogens with one attached hydrogen (secondary N) is 1. The second kappa shape index (κ2) is 4.68. The van der Waals surface area contributed by atoms with Gasteiger partial charge in [-0.3, -0.25) is 9.59 Å². The van der Waals surface area contributed by atoms with E-state index in [9.17, 15) is 9.59 Å². The molecule has 0 saturated heterocycles. The number of aldehydes is 1. The number of ether oxygens (including phenoxy) is 2. The Balaban J connectivity index is 2.14. The lowest BCUT2D eigenvalue weighted by atomic mass is 9.84. The average molecular weight is 249 g/mol. The zero-order valence-corrected chi connectivity index (χ0v) is 10.4. The van der Waals surface area contributed by atoms with E-state index in [0.717, 1.165) is 11.3 Å². The van der Waals surface area contributed by atoms with Crippen molar-refractivity contribution in [2.24, 2.45) is 0 Å². The maximum absolute atomic E-state index is 11.0. The van der Waals surface area contributed by atoms with Crippen molar-refractivity contribution in [2.45, 2.75) is 19.3 Å². The number of amides is 1. The zero-order chi connectivity index (χ0) is 13.2. The van der Waals surface area contributed by atoms with Crippen molar-refractivity contribution in [3.8, 4) is 11.5 Å². The topological polar surface area (TPSA) is 64.6 Å². The molecule has 1 N–H and O–H groups in total. The van der Waals surface area contributed by atoms with Crippen LogP contribution >= 0.6 is 0 Å². The summed E-state index contributed by atoms with van der Waals surface area (Å²) in [5.74, 6) is 0.831. The molecule has 2 rings (SSSR count). The van der Waals surface area contributed by atoms with Crippen LogP contribution in [0.25, 0.3) is 0 Å². The molecule has 1 aromatic rings. The lowest BCUT2D eigenvalue weighted by Gasteiger charge is -2.25. The van der Waals surface area contributed by atoms with E-state index in [2.05, 4.69) is 5.32 Å². The molecule has 1 aliphatic heterocycles. The van der Waals surface area contributed by atoms with Crippen LogP contribution in [-0.2, 0) is 15.0 Å². The average Bonchev–Trinajstić information content (AvgIpc) is 2.83. The Hall–Kier alpha value is -2.04. The molecular formula is C13H15NO4. The summed E-state index contributed by atoms with van der Waals surface area (Å²) < 4.78 is 10.6. The third kappa shape index (κ3) is 2.45. The summed E-state index contributed by atoms with van der Waals surface area (Å²) in [6.07, 6.45) is 0.274. The summed E-state index contributed by atoms with van der Waals surface area (Å²) in [5, 5.41) is 2.56. The van der Waals surface area contributed by atoms with E-state index in [1.54, 1.807) is 0 Å². The highest BCUT2D eigenvalue weighted by molar-refractivity contribution is 6.23. The molecule has 0 atom stereocenters. The molecule has 0 spiro atoms. The highest BCUT2D eigenvalue weighted by Crippen LogP contribution is 2.36. The predicted molar refractivity (Wildman–Crippen MR) is 64.7 cm³/mol. The number of hydrogen-bond acceptors (Lipinski definition) is 4. The van der Waals surface area contributed by atoms with Crippen LogP contribution in [0.3, 0.4) is 0 Å². The van der Waals surface area contributed by atoms with Crippen molar-refractivity contribution in [1.29, 1.82) is 0 Å². The van der Waals surface area contributed by atoms with Crippen molar-refractivity contribution in [2.75, 3.05) is 13.3 Å². The molecular weight excluding hydrogens is 234 g/mol. The van der Waals surface area contributed by atoms with Gasteiger partial charge < -0.3 is 14.8 Å². The summed E-state index contributed by atoms with van der Waals surface area (Å²) in [7, 11) is 0. The lowest BCUT2D eigenvalue weighted by Crippen LogP contribution is -2.37. The molecule has 18 heavy (non-hydrogen) atoms. The van der Waals surface area contributed by atoms with Gasteiger partial charge in [-0.05, 0) is 17.7 Å². The van der Waals surface area contributed by atoms with Gasteiger partial charge in [-0.2, -0.15) is 0 Å². The molecule has 0 aliphatic carbocycles. The quantitative estimate of drug-likeness (QED) is 0.639. The number of carbonyl (C=O) groups is 2. The Kier molecular flexibility index (Phi) is 3.23. The third-order valence-electron chi connectivity index (χ3n) is 2.97. The number of rotatable bonds is 4.